The zero-order chi connectivity index (χ0) is 17.6. The molecule has 1 rings (SSSR count). The molecule has 1 N–H and O–H groups in total. The standard InChI is InChI=1S/C17H24Cl2N2O2/c1-5-6-16(22)21(12(4)17(23)20-11(2)3)10-13-7-8-14(18)9-15(13)19/h7-9,11-12H,5-6,10H2,1-4H3,(H,20,23)/t12-/m0/s1. The minimum atomic E-state index is -0.566. The van der Waals surface area contributed by atoms with Crippen LogP contribution >= 0.6 is 23.2 Å². The van der Waals surface area contributed by atoms with E-state index in [4.69, 9.17) is 23.2 Å². The van der Waals surface area contributed by atoms with Crippen LogP contribution in [0.4, 0.5) is 0 Å². The largest absolute Gasteiger partial charge is 0.352 e. The van der Waals surface area contributed by atoms with Crippen LogP contribution in [-0.4, -0.2) is 28.8 Å². The summed E-state index contributed by atoms with van der Waals surface area (Å²) in [6, 6.07) is 4.60. The summed E-state index contributed by atoms with van der Waals surface area (Å²) in [5.74, 6) is -0.237. The van der Waals surface area contributed by atoms with E-state index in [1.807, 2.05) is 20.8 Å². The van der Waals surface area contributed by atoms with Gasteiger partial charge in [-0.25, -0.2) is 0 Å². The number of hydrogen-bond acceptors (Lipinski definition) is 2. The Morgan fingerprint density at radius 2 is 1.87 bits per heavy atom. The number of nitrogens with one attached hydrogen (secondary N) is 1. The molecule has 0 aliphatic carbocycles. The van der Waals surface area contributed by atoms with Crippen molar-refractivity contribution < 1.29 is 9.59 Å². The highest BCUT2D eigenvalue weighted by atomic mass is 35.5. The number of benzene rings is 1. The highest BCUT2D eigenvalue weighted by Gasteiger charge is 2.26. The van der Waals surface area contributed by atoms with Crippen LogP contribution in [0.3, 0.4) is 0 Å². The van der Waals surface area contributed by atoms with Crippen molar-refractivity contribution in [3.63, 3.8) is 0 Å². The fraction of sp³-hybridized carbons (Fsp3) is 0.529. The van der Waals surface area contributed by atoms with Crippen LogP contribution in [-0.2, 0) is 16.1 Å². The Labute approximate surface area is 148 Å². The molecule has 0 saturated heterocycles. The third-order valence-electron chi connectivity index (χ3n) is 3.42. The molecular weight excluding hydrogens is 335 g/mol. The molecule has 2 amide bonds. The number of nitrogens with zero attached hydrogens (tertiary/aromatic N) is 1. The summed E-state index contributed by atoms with van der Waals surface area (Å²) in [6.07, 6.45) is 1.12. The quantitative estimate of drug-likeness (QED) is 0.799. The van der Waals surface area contributed by atoms with Crippen LogP contribution < -0.4 is 5.32 Å². The molecular formula is C17H24Cl2N2O2. The van der Waals surface area contributed by atoms with E-state index in [9.17, 15) is 9.59 Å². The first-order valence-corrected chi connectivity index (χ1v) is 8.55. The summed E-state index contributed by atoms with van der Waals surface area (Å²) in [5.41, 5.74) is 0.768. The Bertz CT molecular complexity index is 562. The van der Waals surface area contributed by atoms with Gasteiger partial charge in [0.15, 0.2) is 0 Å². The molecule has 0 unspecified atom stereocenters. The Morgan fingerprint density at radius 1 is 1.22 bits per heavy atom. The fourth-order valence-corrected chi connectivity index (χ4v) is 2.65. The SMILES string of the molecule is CCCC(=O)N(Cc1ccc(Cl)cc1Cl)[C@@H](C)C(=O)NC(C)C. The molecule has 0 spiro atoms. The Kier molecular flexibility index (Phi) is 7.86. The van der Waals surface area contributed by atoms with Crippen molar-refractivity contribution in [1.29, 1.82) is 0 Å². The lowest BCUT2D eigenvalue weighted by atomic mass is 10.1. The van der Waals surface area contributed by atoms with Crippen molar-refractivity contribution in [2.45, 2.75) is 59.2 Å². The third kappa shape index (κ3) is 6.04. The van der Waals surface area contributed by atoms with Gasteiger partial charge in [-0.15, -0.1) is 0 Å². The average molecular weight is 359 g/mol. The number of carbonyl (C=O) groups excluding carboxylic acids is 2. The van der Waals surface area contributed by atoms with Gasteiger partial charge >= 0.3 is 0 Å². The maximum atomic E-state index is 12.4. The molecule has 0 aliphatic rings. The topological polar surface area (TPSA) is 49.4 Å². The van der Waals surface area contributed by atoms with E-state index in [-0.39, 0.29) is 24.4 Å². The monoisotopic (exact) mass is 358 g/mol. The molecule has 128 valence electrons. The molecule has 0 heterocycles. The Morgan fingerprint density at radius 3 is 2.39 bits per heavy atom. The van der Waals surface area contributed by atoms with Gasteiger partial charge in [-0.1, -0.05) is 36.2 Å². The molecule has 0 aliphatic heterocycles. The summed E-state index contributed by atoms with van der Waals surface area (Å²) in [4.78, 5) is 26.3. The highest BCUT2D eigenvalue weighted by molar-refractivity contribution is 6.35. The first-order chi connectivity index (χ1) is 10.8. The maximum absolute atomic E-state index is 12.4. The number of amides is 2. The van der Waals surface area contributed by atoms with E-state index in [2.05, 4.69) is 5.32 Å². The van der Waals surface area contributed by atoms with Crippen LogP contribution in [0.25, 0.3) is 0 Å². The second-order valence-corrected chi connectivity index (χ2v) is 6.69. The van der Waals surface area contributed by atoms with Gasteiger partial charge in [-0.3, -0.25) is 9.59 Å². The molecule has 0 fully saturated rings. The predicted molar refractivity (Wildman–Crippen MR) is 94.7 cm³/mol. The molecule has 0 bridgehead atoms. The Hall–Kier alpha value is -1.26. The molecule has 6 heteroatoms. The lowest BCUT2D eigenvalue weighted by Gasteiger charge is -2.29. The smallest absolute Gasteiger partial charge is 0.242 e. The van der Waals surface area contributed by atoms with Gasteiger partial charge < -0.3 is 10.2 Å². The molecule has 1 atom stereocenters. The minimum Gasteiger partial charge on any atom is -0.352 e. The van der Waals surface area contributed by atoms with E-state index in [0.29, 0.717) is 16.5 Å². The van der Waals surface area contributed by atoms with E-state index in [1.54, 1.807) is 30.0 Å². The molecule has 0 aromatic heterocycles. The zero-order valence-corrected chi connectivity index (χ0v) is 15.5. The van der Waals surface area contributed by atoms with Crippen LogP contribution in [0.15, 0.2) is 18.2 Å². The average Bonchev–Trinajstić information content (AvgIpc) is 2.45. The zero-order valence-electron chi connectivity index (χ0n) is 14.0. The van der Waals surface area contributed by atoms with Crippen LogP contribution in [0.5, 0.6) is 0 Å². The van der Waals surface area contributed by atoms with Gasteiger partial charge in [0.2, 0.25) is 11.8 Å². The van der Waals surface area contributed by atoms with Gasteiger partial charge in [0.25, 0.3) is 0 Å². The number of rotatable bonds is 7. The second kappa shape index (κ2) is 9.14. The summed E-state index contributed by atoms with van der Waals surface area (Å²) >= 11 is 12.1. The summed E-state index contributed by atoms with van der Waals surface area (Å²) in [7, 11) is 0. The fourth-order valence-electron chi connectivity index (χ4n) is 2.18. The van der Waals surface area contributed by atoms with Crippen molar-refractivity contribution >= 4 is 35.0 Å². The van der Waals surface area contributed by atoms with Gasteiger partial charge in [0.05, 0.1) is 0 Å². The molecule has 1 aromatic carbocycles. The molecule has 0 saturated carbocycles. The summed E-state index contributed by atoms with van der Waals surface area (Å²) in [6.45, 7) is 7.72. The third-order valence-corrected chi connectivity index (χ3v) is 4.00. The van der Waals surface area contributed by atoms with Crippen LogP contribution in [0.2, 0.25) is 10.0 Å². The van der Waals surface area contributed by atoms with Crippen molar-refractivity contribution in [3.05, 3.63) is 33.8 Å². The number of halogens is 2. The van der Waals surface area contributed by atoms with E-state index < -0.39 is 6.04 Å². The lowest BCUT2D eigenvalue weighted by Crippen LogP contribution is -2.49. The summed E-state index contributed by atoms with van der Waals surface area (Å²) < 4.78 is 0. The summed E-state index contributed by atoms with van der Waals surface area (Å²) in [5, 5.41) is 3.87. The normalized spacial score (nSPS) is 12.1. The maximum Gasteiger partial charge on any atom is 0.242 e. The van der Waals surface area contributed by atoms with Crippen molar-refractivity contribution in [1.82, 2.24) is 10.2 Å². The highest BCUT2D eigenvalue weighted by Crippen LogP contribution is 2.23. The van der Waals surface area contributed by atoms with E-state index in [0.717, 1.165) is 12.0 Å². The van der Waals surface area contributed by atoms with Crippen molar-refractivity contribution in [2.24, 2.45) is 0 Å². The van der Waals surface area contributed by atoms with E-state index in [1.165, 1.54) is 0 Å². The van der Waals surface area contributed by atoms with E-state index >= 15 is 0 Å². The first-order valence-electron chi connectivity index (χ1n) is 7.80. The number of carbonyl (C=O) groups is 2. The van der Waals surface area contributed by atoms with Crippen LogP contribution in [0.1, 0.15) is 46.1 Å². The Balaban J connectivity index is 3.00. The molecule has 23 heavy (non-hydrogen) atoms. The van der Waals surface area contributed by atoms with Crippen molar-refractivity contribution in [3.8, 4) is 0 Å². The molecule has 0 radical (unpaired) electrons. The van der Waals surface area contributed by atoms with Gasteiger partial charge in [0, 0.05) is 29.1 Å². The lowest BCUT2D eigenvalue weighted by molar-refractivity contribution is -0.140. The van der Waals surface area contributed by atoms with Gasteiger partial charge in [-0.05, 0) is 44.9 Å². The number of hydrogen-bond donors (Lipinski definition) is 1. The molecule has 4 nitrogen and oxygen atoms in total. The van der Waals surface area contributed by atoms with Gasteiger partial charge in [-0.2, -0.15) is 0 Å². The van der Waals surface area contributed by atoms with Crippen LogP contribution in [0, 0.1) is 0 Å². The minimum absolute atomic E-state index is 0.0206. The first kappa shape index (κ1) is 19.8. The molecule has 1 aromatic rings. The van der Waals surface area contributed by atoms with Crippen molar-refractivity contribution in [2.75, 3.05) is 0 Å². The second-order valence-electron chi connectivity index (χ2n) is 5.85. The predicted octanol–water partition coefficient (Wildman–Crippen LogP) is 4.04. The van der Waals surface area contributed by atoms with Gasteiger partial charge in [0.1, 0.15) is 6.04 Å².